The summed E-state index contributed by atoms with van der Waals surface area (Å²) in [5, 5.41) is 0. The van der Waals surface area contributed by atoms with Crippen LogP contribution < -0.4 is 4.90 Å². The minimum absolute atomic E-state index is 0.0305. The van der Waals surface area contributed by atoms with E-state index < -0.39 is 18.5 Å². The third-order valence-corrected chi connectivity index (χ3v) is 2.95. The van der Waals surface area contributed by atoms with Gasteiger partial charge in [0.2, 0.25) is 5.95 Å². The Balaban J connectivity index is 2.18. The normalized spacial score (nSPS) is 21.1. The standard InChI is InChI=1S/C11H13F4N3/c12-6-8-2-1-5-18(7-8)10-16-4-3-9(17-10)11(13,14)15/h3-4,8H,1-2,5-7H2. The topological polar surface area (TPSA) is 29.0 Å². The Bertz CT molecular complexity index is 408. The van der Waals surface area contributed by atoms with Crippen molar-refractivity contribution in [2.45, 2.75) is 19.0 Å². The maximum absolute atomic E-state index is 12.6. The number of hydrogen-bond donors (Lipinski definition) is 0. The number of halogens is 4. The van der Waals surface area contributed by atoms with Crippen molar-refractivity contribution in [2.24, 2.45) is 5.92 Å². The van der Waals surface area contributed by atoms with E-state index in [9.17, 15) is 17.6 Å². The molecular formula is C11H13F4N3. The molecule has 0 amide bonds. The highest BCUT2D eigenvalue weighted by Gasteiger charge is 2.33. The first-order chi connectivity index (χ1) is 8.50. The Morgan fingerprint density at radius 1 is 1.39 bits per heavy atom. The Kier molecular flexibility index (Phi) is 3.68. The predicted octanol–water partition coefficient (Wildman–Crippen LogP) is 2.68. The lowest BCUT2D eigenvalue weighted by Crippen LogP contribution is -2.37. The molecule has 1 aromatic heterocycles. The summed E-state index contributed by atoms with van der Waals surface area (Å²) < 4.78 is 50.1. The smallest absolute Gasteiger partial charge is 0.340 e. The van der Waals surface area contributed by atoms with Gasteiger partial charge in [-0.1, -0.05) is 0 Å². The quantitative estimate of drug-likeness (QED) is 0.768. The van der Waals surface area contributed by atoms with Crippen LogP contribution in [0.2, 0.25) is 0 Å². The second kappa shape index (κ2) is 5.07. The van der Waals surface area contributed by atoms with E-state index in [-0.39, 0.29) is 11.9 Å². The monoisotopic (exact) mass is 263 g/mol. The van der Waals surface area contributed by atoms with Crippen molar-refractivity contribution in [3.05, 3.63) is 18.0 Å². The Labute approximate surface area is 102 Å². The molecule has 100 valence electrons. The highest BCUT2D eigenvalue weighted by Crippen LogP contribution is 2.29. The van der Waals surface area contributed by atoms with Crippen LogP contribution in [0.3, 0.4) is 0 Å². The fourth-order valence-corrected chi connectivity index (χ4v) is 2.03. The molecule has 0 bridgehead atoms. The molecule has 0 spiro atoms. The molecule has 18 heavy (non-hydrogen) atoms. The average Bonchev–Trinajstić information content (AvgIpc) is 2.38. The molecule has 1 aliphatic rings. The van der Waals surface area contributed by atoms with Crippen LogP contribution in [0.25, 0.3) is 0 Å². The van der Waals surface area contributed by atoms with Crippen LogP contribution in [0.1, 0.15) is 18.5 Å². The van der Waals surface area contributed by atoms with E-state index in [0.717, 1.165) is 25.1 Å². The van der Waals surface area contributed by atoms with E-state index >= 15 is 0 Å². The predicted molar refractivity (Wildman–Crippen MR) is 57.9 cm³/mol. The van der Waals surface area contributed by atoms with E-state index in [1.165, 1.54) is 0 Å². The number of anilines is 1. The van der Waals surface area contributed by atoms with Crippen molar-refractivity contribution < 1.29 is 17.6 Å². The molecule has 1 saturated heterocycles. The molecule has 0 aliphatic carbocycles. The molecule has 1 aliphatic heterocycles. The van der Waals surface area contributed by atoms with Crippen molar-refractivity contribution in [2.75, 3.05) is 24.7 Å². The third kappa shape index (κ3) is 2.88. The SMILES string of the molecule is FCC1CCCN(c2nccc(C(F)(F)F)n2)C1. The number of aromatic nitrogens is 2. The zero-order valence-corrected chi connectivity index (χ0v) is 9.62. The summed E-state index contributed by atoms with van der Waals surface area (Å²) >= 11 is 0. The second-order valence-corrected chi connectivity index (χ2v) is 4.35. The Hall–Kier alpha value is -1.40. The van der Waals surface area contributed by atoms with E-state index in [2.05, 4.69) is 9.97 Å². The summed E-state index contributed by atoms with van der Waals surface area (Å²) in [6.07, 6.45) is -1.89. The summed E-state index contributed by atoms with van der Waals surface area (Å²) in [5.74, 6) is -0.111. The van der Waals surface area contributed by atoms with Gasteiger partial charge in [-0.3, -0.25) is 4.39 Å². The van der Waals surface area contributed by atoms with Crippen molar-refractivity contribution in [1.29, 1.82) is 0 Å². The van der Waals surface area contributed by atoms with Crippen molar-refractivity contribution in [3.63, 3.8) is 0 Å². The molecule has 1 unspecified atom stereocenters. The van der Waals surface area contributed by atoms with Crippen LogP contribution in [0, 0.1) is 5.92 Å². The minimum Gasteiger partial charge on any atom is -0.340 e. The van der Waals surface area contributed by atoms with Gasteiger partial charge < -0.3 is 4.90 Å². The molecule has 3 nitrogen and oxygen atoms in total. The third-order valence-electron chi connectivity index (χ3n) is 2.95. The van der Waals surface area contributed by atoms with Crippen molar-refractivity contribution >= 4 is 5.95 Å². The fraction of sp³-hybridized carbons (Fsp3) is 0.636. The van der Waals surface area contributed by atoms with Gasteiger partial charge >= 0.3 is 6.18 Å². The first-order valence-corrected chi connectivity index (χ1v) is 5.72. The van der Waals surface area contributed by atoms with Crippen LogP contribution in [0.15, 0.2) is 12.3 Å². The van der Waals surface area contributed by atoms with Crippen LogP contribution in [0.4, 0.5) is 23.5 Å². The summed E-state index contributed by atoms with van der Waals surface area (Å²) in [7, 11) is 0. The van der Waals surface area contributed by atoms with E-state index in [1.807, 2.05) is 0 Å². The van der Waals surface area contributed by atoms with Gasteiger partial charge in [-0.15, -0.1) is 0 Å². The lowest BCUT2D eigenvalue weighted by atomic mass is 10.00. The lowest BCUT2D eigenvalue weighted by Gasteiger charge is -2.31. The van der Waals surface area contributed by atoms with E-state index in [0.29, 0.717) is 13.1 Å². The summed E-state index contributed by atoms with van der Waals surface area (Å²) in [5.41, 5.74) is -0.963. The number of piperidine rings is 1. The van der Waals surface area contributed by atoms with Gasteiger partial charge in [-0.05, 0) is 18.9 Å². The van der Waals surface area contributed by atoms with Gasteiger partial charge in [0, 0.05) is 25.2 Å². The minimum atomic E-state index is -4.48. The van der Waals surface area contributed by atoms with Crippen LogP contribution in [-0.4, -0.2) is 29.7 Å². The van der Waals surface area contributed by atoms with Crippen LogP contribution >= 0.6 is 0 Å². The van der Waals surface area contributed by atoms with Gasteiger partial charge in [0.1, 0.15) is 5.69 Å². The molecule has 2 heterocycles. The van der Waals surface area contributed by atoms with Gasteiger partial charge in [-0.25, -0.2) is 9.97 Å². The van der Waals surface area contributed by atoms with Gasteiger partial charge in [0.05, 0.1) is 6.67 Å². The average molecular weight is 263 g/mol. The van der Waals surface area contributed by atoms with Gasteiger partial charge in [-0.2, -0.15) is 13.2 Å². The molecule has 0 saturated carbocycles. The molecule has 0 radical (unpaired) electrons. The molecule has 1 aromatic rings. The number of nitrogens with zero attached hydrogens (tertiary/aromatic N) is 3. The van der Waals surface area contributed by atoms with E-state index in [1.54, 1.807) is 4.90 Å². The molecular weight excluding hydrogens is 250 g/mol. The molecule has 1 fully saturated rings. The van der Waals surface area contributed by atoms with Crippen molar-refractivity contribution in [3.8, 4) is 0 Å². The fourth-order valence-electron chi connectivity index (χ4n) is 2.03. The number of alkyl halides is 4. The summed E-state index contributed by atoms with van der Waals surface area (Å²) in [6, 6.07) is 0.833. The highest BCUT2D eigenvalue weighted by molar-refractivity contribution is 5.31. The molecule has 2 rings (SSSR count). The maximum atomic E-state index is 12.6. The molecule has 0 aromatic carbocycles. The first-order valence-electron chi connectivity index (χ1n) is 5.72. The number of rotatable bonds is 2. The summed E-state index contributed by atoms with van der Waals surface area (Å²) in [4.78, 5) is 8.96. The Morgan fingerprint density at radius 3 is 2.83 bits per heavy atom. The Morgan fingerprint density at radius 2 is 2.17 bits per heavy atom. The van der Waals surface area contributed by atoms with Gasteiger partial charge in [0.25, 0.3) is 0 Å². The van der Waals surface area contributed by atoms with Crippen LogP contribution in [0.5, 0.6) is 0 Å². The van der Waals surface area contributed by atoms with Gasteiger partial charge in [0.15, 0.2) is 0 Å². The van der Waals surface area contributed by atoms with E-state index in [4.69, 9.17) is 0 Å². The van der Waals surface area contributed by atoms with Crippen LogP contribution in [-0.2, 0) is 6.18 Å². The summed E-state index contributed by atoms with van der Waals surface area (Å²) in [6.45, 7) is 0.477. The first kappa shape index (κ1) is 13.0. The zero-order chi connectivity index (χ0) is 13.2. The highest BCUT2D eigenvalue weighted by atomic mass is 19.4. The molecule has 1 atom stereocenters. The lowest BCUT2D eigenvalue weighted by molar-refractivity contribution is -0.141. The molecule has 0 N–H and O–H groups in total. The molecule has 7 heteroatoms. The zero-order valence-electron chi connectivity index (χ0n) is 9.62. The second-order valence-electron chi connectivity index (χ2n) is 4.35. The maximum Gasteiger partial charge on any atom is 0.433 e. The van der Waals surface area contributed by atoms with Crippen molar-refractivity contribution in [1.82, 2.24) is 9.97 Å². The number of hydrogen-bond acceptors (Lipinski definition) is 3. The largest absolute Gasteiger partial charge is 0.433 e.